The molecule has 4 heteroatoms. The van der Waals surface area contributed by atoms with Crippen molar-refractivity contribution in [2.24, 2.45) is 7.05 Å². The topological polar surface area (TPSA) is 44.9 Å². The summed E-state index contributed by atoms with van der Waals surface area (Å²) in [5, 5.41) is 13.0. The Morgan fingerprint density at radius 3 is 3.00 bits per heavy atom. The second-order valence-electron chi connectivity index (χ2n) is 4.09. The summed E-state index contributed by atoms with van der Waals surface area (Å²) in [6.45, 7) is 1.75. The normalized spacial score (nSPS) is 15.5. The number of hydrogen-bond acceptors (Lipinski definition) is 3. The Hall–Kier alpha value is -1.34. The fourth-order valence-electron chi connectivity index (χ4n) is 1.78. The van der Waals surface area contributed by atoms with Crippen LogP contribution in [0.4, 0.5) is 0 Å². The summed E-state index contributed by atoms with van der Waals surface area (Å²) in [6, 6.07) is 4.94. The van der Waals surface area contributed by atoms with Crippen LogP contribution in [-0.4, -0.2) is 27.3 Å². The van der Waals surface area contributed by atoms with Gasteiger partial charge >= 0.3 is 0 Å². The minimum Gasteiger partial charge on any atom is -0.293 e. The van der Waals surface area contributed by atoms with Crippen molar-refractivity contribution in [2.75, 3.05) is 6.54 Å². The van der Waals surface area contributed by atoms with E-state index in [1.807, 2.05) is 24.0 Å². The van der Waals surface area contributed by atoms with Crippen molar-refractivity contribution in [3.8, 4) is 6.07 Å². The molecule has 1 aromatic heterocycles. The van der Waals surface area contributed by atoms with Crippen molar-refractivity contribution in [1.82, 2.24) is 14.7 Å². The number of aryl methyl sites for hydroxylation is 1. The molecule has 0 radical (unpaired) electrons. The van der Waals surface area contributed by atoms with Gasteiger partial charge in [-0.3, -0.25) is 9.58 Å². The zero-order valence-electron chi connectivity index (χ0n) is 9.06. The van der Waals surface area contributed by atoms with Crippen molar-refractivity contribution in [2.45, 2.75) is 31.8 Å². The van der Waals surface area contributed by atoms with E-state index in [-0.39, 0.29) is 0 Å². The Morgan fingerprint density at radius 1 is 1.67 bits per heavy atom. The minimum absolute atomic E-state index is 0.614. The lowest BCUT2D eigenvalue weighted by Crippen LogP contribution is -2.26. The van der Waals surface area contributed by atoms with E-state index in [9.17, 15) is 0 Å². The second kappa shape index (κ2) is 4.45. The first kappa shape index (κ1) is 10.2. The molecule has 0 aliphatic heterocycles. The lowest BCUT2D eigenvalue weighted by Gasteiger charge is -2.18. The fourth-order valence-corrected chi connectivity index (χ4v) is 1.78. The third-order valence-corrected chi connectivity index (χ3v) is 2.71. The van der Waals surface area contributed by atoms with Gasteiger partial charge in [-0.2, -0.15) is 10.4 Å². The third kappa shape index (κ3) is 2.80. The van der Waals surface area contributed by atoms with Gasteiger partial charge in [-0.15, -0.1) is 0 Å². The van der Waals surface area contributed by atoms with E-state index in [0.29, 0.717) is 12.5 Å². The standard InChI is InChI=1S/C11H16N4/c1-14-8-5-10(13-14)9-15(7-2-6-12)11-3-4-11/h5,8,11H,2-4,7,9H2,1H3. The van der Waals surface area contributed by atoms with Crippen LogP contribution in [0.2, 0.25) is 0 Å². The predicted octanol–water partition coefficient (Wildman–Crippen LogP) is 1.30. The van der Waals surface area contributed by atoms with E-state index >= 15 is 0 Å². The maximum absolute atomic E-state index is 8.59. The van der Waals surface area contributed by atoms with E-state index in [1.54, 1.807) is 0 Å². The fraction of sp³-hybridized carbons (Fsp3) is 0.636. The molecule has 1 heterocycles. The molecule has 1 aliphatic carbocycles. The molecule has 0 spiro atoms. The first-order valence-corrected chi connectivity index (χ1v) is 5.39. The maximum atomic E-state index is 8.59. The number of hydrogen-bond donors (Lipinski definition) is 0. The average molecular weight is 204 g/mol. The number of rotatable bonds is 5. The summed E-state index contributed by atoms with van der Waals surface area (Å²) >= 11 is 0. The average Bonchev–Trinajstić information content (AvgIpc) is 2.98. The number of nitriles is 1. The Morgan fingerprint density at radius 2 is 2.47 bits per heavy atom. The molecule has 1 fully saturated rings. The molecule has 0 amide bonds. The molecule has 4 nitrogen and oxygen atoms in total. The van der Waals surface area contributed by atoms with Crippen LogP contribution in [0.3, 0.4) is 0 Å². The molecule has 15 heavy (non-hydrogen) atoms. The van der Waals surface area contributed by atoms with Crippen LogP contribution in [0.15, 0.2) is 12.3 Å². The molecule has 1 aliphatic rings. The van der Waals surface area contributed by atoms with E-state index in [1.165, 1.54) is 12.8 Å². The van der Waals surface area contributed by atoms with Crippen molar-refractivity contribution in [3.05, 3.63) is 18.0 Å². The zero-order valence-corrected chi connectivity index (χ0v) is 9.06. The lowest BCUT2D eigenvalue weighted by molar-refractivity contribution is 0.257. The molecule has 80 valence electrons. The summed E-state index contributed by atoms with van der Waals surface area (Å²) in [5.74, 6) is 0. The first-order chi connectivity index (χ1) is 7.29. The highest BCUT2D eigenvalue weighted by Crippen LogP contribution is 2.27. The molecule has 0 N–H and O–H groups in total. The van der Waals surface area contributed by atoms with Crippen LogP contribution in [0.1, 0.15) is 25.0 Å². The highest BCUT2D eigenvalue weighted by molar-refractivity contribution is 5.00. The van der Waals surface area contributed by atoms with Crippen molar-refractivity contribution in [1.29, 1.82) is 5.26 Å². The van der Waals surface area contributed by atoms with Gasteiger partial charge in [0, 0.05) is 38.8 Å². The highest BCUT2D eigenvalue weighted by atomic mass is 15.3. The van der Waals surface area contributed by atoms with Crippen LogP contribution in [0, 0.1) is 11.3 Å². The Balaban J connectivity index is 1.91. The molecule has 0 aromatic carbocycles. The smallest absolute Gasteiger partial charge is 0.0764 e. The molecule has 2 rings (SSSR count). The molecular weight excluding hydrogens is 188 g/mol. The maximum Gasteiger partial charge on any atom is 0.0764 e. The van der Waals surface area contributed by atoms with Crippen molar-refractivity contribution in [3.63, 3.8) is 0 Å². The van der Waals surface area contributed by atoms with E-state index in [2.05, 4.69) is 16.1 Å². The summed E-state index contributed by atoms with van der Waals surface area (Å²) in [6.07, 6.45) is 5.13. The Kier molecular flexibility index (Phi) is 3.02. The Labute approximate surface area is 90.1 Å². The van der Waals surface area contributed by atoms with Crippen molar-refractivity contribution < 1.29 is 0 Å². The predicted molar refractivity (Wildman–Crippen MR) is 56.9 cm³/mol. The van der Waals surface area contributed by atoms with E-state index in [0.717, 1.165) is 18.8 Å². The van der Waals surface area contributed by atoms with Crippen LogP contribution in [-0.2, 0) is 13.6 Å². The summed E-state index contributed by atoms with van der Waals surface area (Å²) in [5.41, 5.74) is 1.10. The van der Waals surface area contributed by atoms with Crippen molar-refractivity contribution >= 4 is 0 Å². The van der Waals surface area contributed by atoms with Gasteiger partial charge in [0.2, 0.25) is 0 Å². The monoisotopic (exact) mass is 204 g/mol. The summed E-state index contributed by atoms with van der Waals surface area (Å²) in [4.78, 5) is 2.37. The van der Waals surface area contributed by atoms with Gasteiger partial charge in [0.05, 0.1) is 11.8 Å². The Bertz CT molecular complexity index is 359. The quantitative estimate of drug-likeness (QED) is 0.726. The summed E-state index contributed by atoms with van der Waals surface area (Å²) in [7, 11) is 1.93. The van der Waals surface area contributed by atoms with Gasteiger partial charge in [-0.05, 0) is 18.9 Å². The number of nitrogens with zero attached hydrogens (tertiary/aromatic N) is 4. The van der Waals surface area contributed by atoms with E-state index in [4.69, 9.17) is 5.26 Å². The van der Waals surface area contributed by atoms with Gasteiger partial charge < -0.3 is 0 Å². The first-order valence-electron chi connectivity index (χ1n) is 5.39. The zero-order chi connectivity index (χ0) is 10.7. The molecular formula is C11H16N4. The van der Waals surface area contributed by atoms with Crippen LogP contribution in [0.5, 0.6) is 0 Å². The third-order valence-electron chi connectivity index (χ3n) is 2.71. The SMILES string of the molecule is Cn1ccc(CN(CCC#N)C2CC2)n1. The van der Waals surface area contributed by atoms with Crippen LogP contribution >= 0.6 is 0 Å². The van der Waals surface area contributed by atoms with Gasteiger partial charge in [-0.1, -0.05) is 0 Å². The van der Waals surface area contributed by atoms with Gasteiger partial charge in [0.15, 0.2) is 0 Å². The number of aromatic nitrogens is 2. The van der Waals surface area contributed by atoms with Gasteiger partial charge in [-0.25, -0.2) is 0 Å². The van der Waals surface area contributed by atoms with Crippen LogP contribution in [0.25, 0.3) is 0 Å². The second-order valence-corrected chi connectivity index (χ2v) is 4.09. The molecule has 0 atom stereocenters. The molecule has 1 aromatic rings. The molecule has 0 saturated heterocycles. The lowest BCUT2D eigenvalue weighted by atomic mass is 10.3. The van der Waals surface area contributed by atoms with E-state index < -0.39 is 0 Å². The van der Waals surface area contributed by atoms with Gasteiger partial charge in [0.1, 0.15) is 0 Å². The van der Waals surface area contributed by atoms with Crippen LogP contribution < -0.4 is 0 Å². The molecule has 0 bridgehead atoms. The largest absolute Gasteiger partial charge is 0.293 e. The minimum atomic E-state index is 0.614. The molecule has 0 unspecified atom stereocenters. The highest BCUT2D eigenvalue weighted by Gasteiger charge is 2.28. The van der Waals surface area contributed by atoms with Gasteiger partial charge in [0.25, 0.3) is 0 Å². The molecule has 1 saturated carbocycles. The summed E-state index contributed by atoms with van der Waals surface area (Å²) < 4.78 is 1.82.